The van der Waals surface area contributed by atoms with E-state index in [-0.39, 0.29) is 11.9 Å². The molecule has 2 aromatic carbocycles. The molecule has 1 N–H and O–H groups in total. The summed E-state index contributed by atoms with van der Waals surface area (Å²) in [6.45, 7) is 4.68. The van der Waals surface area contributed by atoms with Crippen LogP contribution < -0.4 is 0 Å². The van der Waals surface area contributed by atoms with Crippen LogP contribution in [0, 0.1) is 11.7 Å². The first-order chi connectivity index (χ1) is 14.2. The molecule has 1 aliphatic rings. The normalized spacial score (nSPS) is 19.1. The van der Waals surface area contributed by atoms with Crippen LogP contribution in [0.4, 0.5) is 4.39 Å². The molecule has 6 heteroatoms. The quantitative estimate of drug-likeness (QED) is 0.579. The molecule has 1 saturated heterocycles. The fraction of sp³-hybridized carbons (Fsp3) is 0.500. The molecule has 0 aromatic heterocycles. The van der Waals surface area contributed by atoms with Gasteiger partial charge in [0.2, 0.25) is 0 Å². The van der Waals surface area contributed by atoms with Crippen LogP contribution in [0.3, 0.4) is 0 Å². The van der Waals surface area contributed by atoms with Crippen molar-refractivity contribution in [3.05, 3.63) is 69.5 Å². The Balaban J connectivity index is 1.85. The van der Waals surface area contributed by atoms with Crippen molar-refractivity contribution in [2.24, 2.45) is 5.92 Å². The topological polar surface area (TPSA) is 26.7 Å². The van der Waals surface area contributed by atoms with Gasteiger partial charge in [-0.3, -0.25) is 4.90 Å². The molecular formula is C24H31Cl2FN2O. The van der Waals surface area contributed by atoms with Crippen molar-refractivity contribution in [3.8, 4) is 0 Å². The largest absolute Gasteiger partial charge is 0.385 e. The summed E-state index contributed by atoms with van der Waals surface area (Å²) < 4.78 is 13.3. The number of benzene rings is 2. The molecule has 30 heavy (non-hydrogen) atoms. The van der Waals surface area contributed by atoms with E-state index in [1.54, 1.807) is 12.1 Å². The van der Waals surface area contributed by atoms with Crippen molar-refractivity contribution >= 4 is 23.2 Å². The Morgan fingerprint density at radius 3 is 2.23 bits per heavy atom. The Hall–Kier alpha value is -1.17. The number of hydrogen-bond donors (Lipinski definition) is 1. The second-order valence-corrected chi connectivity index (χ2v) is 9.44. The first kappa shape index (κ1) is 23.5. The van der Waals surface area contributed by atoms with E-state index < -0.39 is 5.60 Å². The van der Waals surface area contributed by atoms with E-state index in [1.807, 2.05) is 12.1 Å². The van der Waals surface area contributed by atoms with E-state index in [0.717, 1.165) is 37.2 Å². The maximum absolute atomic E-state index is 13.3. The van der Waals surface area contributed by atoms with Gasteiger partial charge in [0.05, 0.1) is 15.6 Å². The van der Waals surface area contributed by atoms with Crippen LogP contribution in [-0.2, 0) is 5.60 Å². The highest BCUT2D eigenvalue weighted by molar-refractivity contribution is 6.42. The Bertz CT molecular complexity index is 836. The number of piperidine rings is 1. The summed E-state index contributed by atoms with van der Waals surface area (Å²) in [5.74, 6) is 0.128. The lowest BCUT2D eigenvalue weighted by molar-refractivity contribution is -0.0443. The Morgan fingerprint density at radius 2 is 1.70 bits per heavy atom. The molecule has 164 valence electrons. The zero-order chi connectivity index (χ0) is 21.9. The van der Waals surface area contributed by atoms with Gasteiger partial charge in [0.15, 0.2) is 0 Å². The van der Waals surface area contributed by atoms with Gasteiger partial charge in [-0.15, -0.1) is 0 Å². The summed E-state index contributed by atoms with van der Waals surface area (Å²) in [6.07, 6.45) is 2.24. The Labute approximate surface area is 189 Å². The minimum Gasteiger partial charge on any atom is -0.385 e. The molecule has 0 bridgehead atoms. The molecule has 1 fully saturated rings. The van der Waals surface area contributed by atoms with Gasteiger partial charge < -0.3 is 10.0 Å². The molecule has 3 nitrogen and oxygen atoms in total. The van der Waals surface area contributed by atoms with Gasteiger partial charge in [0.1, 0.15) is 5.82 Å². The van der Waals surface area contributed by atoms with E-state index in [0.29, 0.717) is 28.8 Å². The summed E-state index contributed by atoms with van der Waals surface area (Å²) in [7, 11) is 4.19. The third-order valence-corrected chi connectivity index (χ3v) is 6.99. The summed E-state index contributed by atoms with van der Waals surface area (Å²) in [5.41, 5.74) is 1.02. The molecule has 3 rings (SSSR count). The number of hydrogen-bond acceptors (Lipinski definition) is 3. The van der Waals surface area contributed by atoms with E-state index in [9.17, 15) is 9.50 Å². The van der Waals surface area contributed by atoms with Gasteiger partial charge in [0.25, 0.3) is 0 Å². The SMILES string of the molecule is CCC(CN(C)C)C(c1ccc(Cl)c(Cl)c1)N1CCC(O)(c2ccc(F)cc2)CC1. The van der Waals surface area contributed by atoms with Crippen molar-refractivity contribution < 1.29 is 9.50 Å². The summed E-state index contributed by atoms with van der Waals surface area (Å²) >= 11 is 12.5. The molecule has 0 aliphatic carbocycles. The van der Waals surface area contributed by atoms with Crippen LogP contribution >= 0.6 is 23.2 Å². The summed E-state index contributed by atoms with van der Waals surface area (Å²) in [6, 6.07) is 12.3. The van der Waals surface area contributed by atoms with Crippen LogP contribution in [-0.4, -0.2) is 48.6 Å². The van der Waals surface area contributed by atoms with Crippen molar-refractivity contribution in [2.45, 2.75) is 37.8 Å². The fourth-order valence-electron chi connectivity index (χ4n) is 4.62. The minimum atomic E-state index is -0.921. The monoisotopic (exact) mass is 452 g/mol. The Morgan fingerprint density at radius 1 is 1.07 bits per heavy atom. The Kier molecular flexibility index (Phi) is 7.81. The molecular weight excluding hydrogens is 422 g/mol. The van der Waals surface area contributed by atoms with Crippen molar-refractivity contribution in [1.29, 1.82) is 0 Å². The lowest BCUT2D eigenvalue weighted by atomic mass is 9.81. The fourth-order valence-corrected chi connectivity index (χ4v) is 4.93. The van der Waals surface area contributed by atoms with Crippen LogP contribution in [0.25, 0.3) is 0 Å². The highest BCUT2D eigenvalue weighted by atomic mass is 35.5. The van der Waals surface area contributed by atoms with Crippen molar-refractivity contribution in [3.63, 3.8) is 0 Å². The molecule has 1 heterocycles. The third-order valence-electron chi connectivity index (χ3n) is 6.26. The molecule has 0 saturated carbocycles. The van der Waals surface area contributed by atoms with Gasteiger partial charge >= 0.3 is 0 Å². The zero-order valence-corrected chi connectivity index (χ0v) is 19.4. The molecule has 1 aliphatic heterocycles. The number of rotatable bonds is 7. The highest BCUT2D eigenvalue weighted by Crippen LogP contribution is 2.40. The number of nitrogens with zero attached hydrogens (tertiary/aromatic N) is 2. The predicted octanol–water partition coefficient (Wildman–Crippen LogP) is 5.75. The van der Waals surface area contributed by atoms with Crippen molar-refractivity contribution in [1.82, 2.24) is 9.80 Å². The highest BCUT2D eigenvalue weighted by Gasteiger charge is 2.38. The molecule has 2 unspecified atom stereocenters. The first-order valence-corrected chi connectivity index (χ1v) is 11.3. The maximum atomic E-state index is 13.3. The van der Waals surface area contributed by atoms with Crippen LogP contribution in [0.2, 0.25) is 10.0 Å². The first-order valence-electron chi connectivity index (χ1n) is 10.6. The average molecular weight is 453 g/mol. The maximum Gasteiger partial charge on any atom is 0.123 e. The summed E-state index contributed by atoms with van der Waals surface area (Å²) in [5, 5.41) is 12.4. The standard InChI is InChI=1S/C24H31Cl2FN2O/c1-4-17(16-28(2)3)23(18-5-10-21(25)22(26)15-18)29-13-11-24(30,12-14-29)19-6-8-20(27)9-7-19/h5-10,15,17,23,30H,4,11-14,16H2,1-3H3. The average Bonchev–Trinajstić information content (AvgIpc) is 2.71. The zero-order valence-electron chi connectivity index (χ0n) is 17.9. The number of aliphatic hydroxyl groups is 1. The van der Waals surface area contributed by atoms with Gasteiger partial charge in [-0.25, -0.2) is 4.39 Å². The minimum absolute atomic E-state index is 0.185. The molecule has 0 spiro atoms. The second kappa shape index (κ2) is 9.97. The van der Waals surface area contributed by atoms with Crippen molar-refractivity contribution in [2.75, 3.05) is 33.7 Å². The molecule has 0 radical (unpaired) electrons. The number of likely N-dealkylation sites (tertiary alicyclic amines) is 1. The van der Waals surface area contributed by atoms with Gasteiger partial charge in [0, 0.05) is 25.7 Å². The van der Waals surface area contributed by atoms with E-state index in [2.05, 4.69) is 36.9 Å². The van der Waals surface area contributed by atoms with Crippen LogP contribution in [0.5, 0.6) is 0 Å². The van der Waals surface area contributed by atoms with E-state index >= 15 is 0 Å². The summed E-state index contributed by atoms with van der Waals surface area (Å²) in [4.78, 5) is 4.67. The lowest BCUT2D eigenvalue weighted by Gasteiger charge is -2.45. The van der Waals surface area contributed by atoms with Gasteiger partial charge in [-0.2, -0.15) is 0 Å². The van der Waals surface area contributed by atoms with E-state index in [4.69, 9.17) is 23.2 Å². The van der Waals surface area contributed by atoms with Gasteiger partial charge in [-0.1, -0.05) is 54.7 Å². The molecule has 0 amide bonds. The van der Waals surface area contributed by atoms with E-state index in [1.165, 1.54) is 12.1 Å². The number of halogens is 3. The second-order valence-electron chi connectivity index (χ2n) is 8.62. The smallest absolute Gasteiger partial charge is 0.123 e. The van der Waals surface area contributed by atoms with Gasteiger partial charge in [-0.05, 0) is 68.2 Å². The molecule has 2 aromatic rings. The molecule has 2 atom stereocenters. The predicted molar refractivity (Wildman–Crippen MR) is 123 cm³/mol. The van der Waals surface area contributed by atoms with Crippen LogP contribution in [0.1, 0.15) is 43.4 Å². The third kappa shape index (κ3) is 5.35. The van der Waals surface area contributed by atoms with Crippen LogP contribution in [0.15, 0.2) is 42.5 Å². The lowest BCUT2D eigenvalue weighted by Crippen LogP contribution is -2.46.